The van der Waals surface area contributed by atoms with Crippen LogP contribution >= 0.6 is 15.9 Å². The summed E-state index contributed by atoms with van der Waals surface area (Å²) >= 11 is 3.07. The van der Waals surface area contributed by atoms with Gasteiger partial charge in [0.2, 0.25) is 0 Å². The minimum atomic E-state index is -0.641. The molecule has 0 saturated carbocycles. The number of ether oxygens (including phenoxy) is 1. The Morgan fingerprint density at radius 3 is 2.91 bits per heavy atom. The average molecular weight is 376 g/mol. The summed E-state index contributed by atoms with van der Waals surface area (Å²) in [6.07, 6.45) is 3.60. The Hall–Kier alpha value is -2.74. The van der Waals surface area contributed by atoms with Crippen LogP contribution in [0, 0.1) is 10.1 Å². The molecule has 0 aliphatic heterocycles. The van der Waals surface area contributed by atoms with E-state index in [2.05, 4.69) is 20.9 Å². The van der Waals surface area contributed by atoms with Crippen molar-refractivity contribution in [3.8, 4) is 0 Å². The molecule has 0 aliphatic carbocycles. The van der Waals surface area contributed by atoms with Crippen LogP contribution in [-0.2, 0) is 11.3 Å². The van der Waals surface area contributed by atoms with Crippen LogP contribution in [0.25, 0.3) is 5.65 Å². The number of nitrogens with zero attached hydrogens (tertiary/aromatic N) is 3. The predicted molar refractivity (Wildman–Crippen MR) is 85.1 cm³/mol. The summed E-state index contributed by atoms with van der Waals surface area (Å²) in [5.74, 6) is -0.641. The van der Waals surface area contributed by atoms with Crippen LogP contribution in [0.4, 0.5) is 5.69 Å². The number of fused-ring (bicyclic) bond motifs is 1. The fourth-order valence-corrected chi connectivity index (χ4v) is 2.45. The van der Waals surface area contributed by atoms with E-state index >= 15 is 0 Å². The number of carbonyl (C=O) groups is 1. The lowest BCUT2D eigenvalue weighted by Crippen LogP contribution is -2.06. The highest BCUT2D eigenvalue weighted by atomic mass is 79.9. The monoisotopic (exact) mass is 375 g/mol. The Labute approximate surface area is 138 Å². The molecule has 0 bridgehead atoms. The topological polar surface area (TPSA) is 86.7 Å². The maximum Gasteiger partial charge on any atom is 0.338 e. The quantitative estimate of drug-likeness (QED) is 0.396. The van der Waals surface area contributed by atoms with E-state index in [4.69, 9.17) is 4.74 Å². The third-order valence-electron chi connectivity index (χ3n) is 3.14. The van der Waals surface area contributed by atoms with Crippen molar-refractivity contribution in [3.05, 3.63) is 74.6 Å². The van der Waals surface area contributed by atoms with E-state index in [0.717, 1.165) is 5.65 Å². The van der Waals surface area contributed by atoms with Crippen molar-refractivity contribution in [2.24, 2.45) is 0 Å². The van der Waals surface area contributed by atoms with E-state index in [0.29, 0.717) is 10.2 Å². The molecule has 0 spiro atoms. The lowest BCUT2D eigenvalue weighted by Gasteiger charge is -2.03. The summed E-state index contributed by atoms with van der Waals surface area (Å²) in [6.45, 7) is -0.00955. The van der Waals surface area contributed by atoms with Gasteiger partial charge in [0.25, 0.3) is 5.69 Å². The summed E-state index contributed by atoms with van der Waals surface area (Å²) in [4.78, 5) is 26.7. The van der Waals surface area contributed by atoms with E-state index in [1.54, 1.807) is 6.20 Å². The highest BCUT2D eigenvalue weighted by molar-refractivity contribution is 9.10. The van der Waals surface area contributed by atoms with E-state index in [1.807, 2.05) is 28.8 Å². The van der Waals surface area contributed by atoms with Gasteiger partial charge in [0.1, 0.15) is 12.3 Å². The number of halogens is 1. The molecule has 8 heteroatoms. The van der Waals surface area contributed by atoms with Crippen LogP contribution in [0.3, 0.4) is 0 Å². The van der Waals surface area contributed by atoms with Crippen molar-refractivity contribution in [2.45, 2.75) is 6.61 Å². The van der Waals surface area contributed by atoms with Gasteiger partial charge < -0.3 is 9.14 Å². The second-order valence-corrected chi connectivity index (χ2v) is 5.55. The lowest BCUT2D eigenvalue weighted by atomic mass is 10.2. The van der Waals surface area contributed by atoms with Crippen LogP contribution in [0.1, 0.15) is 16.1 Å². The van der Waals surface area contributed by atoms with Gasteiger partial charge in [-0.1, -0.05) is 6.07 Å². The summed E-state index contributed by atoms with van der Waals surface area (Å²) in [7, 11) is 0. The second-order valence-electron chi connectivity index (χ2n) is 4.70. The Balaban J connectivity index is 1.74. The molecule has 0 amide bonds. The van der Waals surface area contributed by atoms with Crippen molar-refractivity contribution in [1.82, 2.24) is 9.38 Å². The molecule has 0 atom stereocenters. The lowest BCUT2D eigenvalue weighted by molar-refractivity contribution is -0.385. The first-order valence-corrected chi connectivity index (χ1v) is 7.37. The minimum Gasteiger partial charge on any atom is -0.456 e. The van der Waals surface area contributed by atoms with Gasteiger partial charge in [0.05, 0.1) is 20.7 Å². The highest BCUT2D eigenvalue weighted by Crippen LogP contribution is 2.26. The average Bonchev–Trinajstić information content (AvgIpc) is 2.95. The SMILES string of the molecule is O=C(OCc1cn2ccccc2n1)c1ccc(Br)c([N+](=O)[O-])c1. The zero-order valence-electron chi connectivity index (χ0n) is 11.7. The first kappa shape index (κ1) is 15.2. The molecule has 2 heterocycles. The van der Waals surface area contributed by atoms with Gasteiger partial charge in [-0.3, -0.25) is 10.1 Å². The number of hydrogen-bond donors (Lipinski definition) is 0. The van der Waals surface area contributed by atoms with Gasteiger partial charge in [0, 0.05) is 18.5 Å². The predicted octanol–water partition coefficient (Wildman–Crippen LogP) is 3.36. The molecule has 0 N–H and O–H groups in total. The zero-order chi connectivity index (χ0) is 16.4. The number of aromatic nitrogens is 2. The minimum absolute atomic E-state index is 0.00955. The molecule has 3 rings (SSSR count). The third-order valence-corrected chi connectivity index (χ3v) is 3.81. The number of hydrogen-bond acceptors (Lipinski definition) is 5. The molecule has 0 aliphatic rings. The first-order chi connectivity index (χ1) is 11.0. The van der Waals surface area contributed by atoms with Gasteiger partial charge >= 0.3 is 5.97 Å². The number of rotatable bonds is 4. The maximum atomic E-state index is 12.0. The molecule has 7 nitrogen and oxygen atoms in total. The summed E-state index contributed by atoms with van der Waals surface area (Å²) in [6, 6.07) is 9.65. The zero-order valence-corrected chi connectivity index (χ0v) is 13.3. The van der Waals surface area contributed by atoms with Crippen LogP contribution in [-0.4, -0.2) is 20.3 Å². The molecule has 23 heavy (non-hydrogen) atoms. The normalized spacial score (nSPS) is 10.7. The Morgan fingerprint density at radius 2 is 2.17 bits per heavy atom. The van der Waals surface area contributed by atoms with Crippen LogP contribution in [0.2, 0.25) is 0 Å². The molecular formula is C15H10BrN3O4. The first-order valence-electron chi connectivity index (χ1n) is 6.58. The molecule has 2 aromatic heterocycles. The number of carbonyl (C=O) groups excluding carboxylic acids is 1. The number of nitro benzene ring substituents is 1. The van der Waals surface area contributed by atoms with E-state index < -0.39 is 10.9 Å². The second kappa shape index (κ2) is 6.17. The Bertz CT molecular complexity index is 874. The summed E-state index contributed by atoms with van der Waals surface area (Å²) in [5.41, 5.74) is 1.27. The molecule has 0 fully saturated rings. The van der Waals surface area contributed by atoms with Crippen molar-refractivity contribution in [3.63, 3.8) is 0 Å². The van der Waals surface area contributed by atoms with Gasteiger partial charge in [-0.15, -0.1) is 0 Å². The fourth-order valence-electron chi connectivity index (χ4n) is 2.06. The Morgan fingerprint density at radius 1 is 1.35 bits per heavy atom. The molecule has 1 aromatic carbocycles. The van der Waals surface area contributed by atoms with Crippen LogP contribution in [0.15, 0.2) is 53.3 Å². The molecule has 0 unspecified atom stereocenters. The molecule has 0 saturated heterocycles. The molecule has 3 aromatic rings. The number of benzene rings is 1. The van der Waals surface area contributed by atoms with Crippen molar-refractivity contribution < 1.29 is 14.5 Å². The fraction of sp³-hybridized carbons (Fsp3) is 0.0667. The third kappa shape index (κ3) is 3.21. The molecule has 116 valence electrons. The number of nitro groups is 1. The van der Waals surface area contributed by atoms with Gasteiger partial charge in [-0.05, 0) is 40.2 Å². The van der Waals surface area contributed by atoms with Gasteiger partial charge in [-0.2, -0.15) is 0 Å². The highest BCUT2D eigenvalue weighted by Gasteiger charge is 2.17. The number of imidazole rings is 1. The largest absolute Gasteiger partial charge is 0.456 e. The molecule has 0 radical (unpaired) electrons. The van der Waals surface area contributed by atoms with Crippen LogP contribution in [0.5, 0.6) is 0 Å². The number of pyridine rings is 1. The van der Waals surface area contributed by atoms with Crippen LogP contribution < -0.4 is 0 Å². The van der Waals surface area contributed by atoms with E-state index in [9.17, 15) is 14.9 Å². The van der Waals surface area contributed by atoms with Crippen molar-refractivity contribution in [2.75, 3.05) is 0 Å². The maximum absolute atomic E-state index is 12.0. The molecular weight excluding hydrogens is 366 g/mol. The van der Waals surface area contributed by atoms with Gasteiger partial charge in [-0.25, -0.2) is 9.78 Å². The van der Waals surface area contributed by atoms with E-state index in [1.165, 1.54) is 18.2 Å². The van der Waals surface area contributed by atoms with Crippen molar-refractivity contribution >= 4 is 33.2 Å². The summed E-state index contributed by atoms with van der Waals surface area (Å²) in [5, 5.41) is 10.9. The number of esters is 1. The van der Waals surface area contributed by atoms with E-state index in [-0.39, 0.29) is 17.9 Å². The smallest absolute Gasteiger partial charge is 0.338 e. The van der Waals surface area contributed by atoms with Gasteiger partial charge in [0.15, 0.2) is 0 Å². The standard InChI is InChI=1S/C15H10BrN3O4/c16-12-5-4-10(7-13(12)19(21)22)15(20)23-9-11-8-18-6-2-1-3-14(18)17-11/h1-8H,9H2. The Kier molecular flexibility index (Phi) is 4.07. The summed E-state index contributed by atoms with van der Waals surface area (Å²) < 4.78 is 7.28. The van der Waals surface area contributed by atoms with Crippen molar-refractivity contribution in [1.29, 1.82) is 0 Å².